The van der Waals surface area contributed by atoms with Crippen LogP contribution in [0.4, 0.5) is 0 Å². The van der Waals surface area contributed by atoms with Crippen LogP contribution < -0.4 is 31.8 Å². The van der Waals surface area contributed by atoms with E-state index >= 15 is 0 Å². The minimum atomic E-state index is -0.506. The first-order valence-electron chi connectivity index (χ1n) is 15.0. The molecule has 0 bridgehead atoms. The lowest BCUT2D eigenvalue weighted by molar-refractivity contribution is 0.768. The topological polar surface area (TPSA) is 0 Å². The van der Waals surface area contributed by atoms with Gasteiger partial charge in [-0.15, -0.1) is 0 Å². The second-order valence-electron chi connectivity index (χ2n) is 10.7. The van der Waals surface area contributed by atoms with Crippen LogP contribution in [0.1, 0.15) is 0 Å². The molecule has 0 amide bonds. The molecule has 0 radical (unpaired) electrons. The molecule has 212 valence electrons. The van der Waals surface area contributed by atoms with Gasteiger partial charge in [-0.1, -0.05) is 182 Å². The highest BCUT2D eigenvalue weighted by Gasteiger charge is 2.28. The van der Waals surface area contributed by atoms with Crippen LogP contribution in [-0.4, -0.2) is 18.5 Å². The molecule has 3 heteroatoms. The molecule has 43 heavy (non-hydrogen) atoms. The minimum Gasteiger partial charge on any atom is -0.0622 e. The van der Waals surface area contributed by atoms with Crippen molar-refractivity contribution in [1.29, 1.82) is 0 Å². The van der Waals surface area contributed by atoms with Gasteiger partial charge in [-0.05, 0) is 80.0 Å². The molecule has 6 aromatic carbocycles. The second kappa shape index (κ2) is 15.4. The molecule has 0 saturated heterocycles. The van der Waals surface area contributed by atoms with Crippen LogP contribution in [0, 0.1) is 5.92 Å². The Hall–Kier alpha value is -3.39. The highest BCUT2D eigenvalue weighted by Crippen LogP contribution is 2.46. The molecule has 6 rings (SSSR count). The summed E-state index contributed by atoms with van der Waals surface area (Å²) in [7, 11) is -1.52. The Morgan fingerprint density at radius 3 is 0.581 bits per heavy atom. The molecule has 0 nitrogen and oxygen atoms in total. The van der Waals surface area contributed by atoms with E-state index in [2.05, 4.69) is 182 Å². The van der Waals surface area contributed by atoms with Gasteiger partial charge in [0.2, 0.25) is 0 Å². The van der Waals surface area contributed by atoms with Crippen molar-refractivity contribution in [2.24, 2.45) is 5.92 Å². The first-order valence-corrected chi connectivity index (χ1v) is 19.6. The molecule has 0 spiro atoms. The van der Waals surface area contributed by atoms with E-state index in [1.165, 1.54) is 50.3 Å². The van der Waals surface area contributed by atoms with Gasteiger partial charge >= 0.3 is 0 Å². The van der Waals surface area contributed by atoms with E-state index in [0.29, 0.717) is 5.92 Å². The zero-order valence-electron chi connectivity index (χ0n) is 24.4. The predicted octanol–water partition coefficient (Wildman–Crippen LogP) is 8.00. The molecule has 6 aromatic rings. The Labute approximate surface area is 261 Å². The number of rotatable bonds is 12. The summed E-state index contributed by atoms with van der Waals surface area (Å²) >= 11 is 0. The summed E-state index contributed by atoms with van der Waals surface area (Å²) < 4.78 is 0. The van der Waals surface area contributed by atoms with Gasteiger partial charge < -0.3 is 0 Å². The zero-order chi connectivity index (χ0) is 29.1. The molecule has 0 aromatic heterocycles. The first kappa shape index (κ1) is 29.7. The van der Waals surface area contributed by atoms with E-state index in [0.717, 1.165) is 0 Å². The fourth-order valence-corrected chi connectivity index (χ4v) is 14.0. The molecule has 0 aliphatic heterocycles. The van der Waals surface area contributed by atoms with E-state index in [4.69, 9.17) is 0 Å². The van der Waals surface area contributed by atoms with Crippen LogP contribution in [-0.2, 0) is 0 Å². The van der Waals surface area contributed by atoms with Gasteiger partial charge in [0.15, 0.2) is 0 Å². The van der Waals surface area contributed by atoms with Crippen LogP contribution >= 0.6 is 23.8 Å². The summed E-state index contributed by atoms with van der Waals surface area (Å²) in [5.74, 6) is 0.546. The molecule has 0 atom stereocenters. The molecular weight excluding hydrogens is 573 g/mol. The average molecular weight is 611 g/mol. The number of hydrogen-bond acceptors (Lipinski definition) is 0. The third-order valence-electron chi connectivity index (χ3n) is 7.73. The first-order chi connectivity index (χ1) is 21.3. The largest absolute Gasteiger partial charge is 0.0622 e. The number of hydrogen-bond donors (Lipinski definition) is 0. The summed E-state index contributed by atoms with van der Waals surface area (Å²) in [6, 6.07) is 67.6. The quantitative estimate of drug-likeness (QED) is 0.123. The zero-order valence-corrected chi connectivity index (χ0v) is 27.0. The Morgan fingerprint density at radius 1 is 0.256 bits per heavy atom. The lowest BCUT2D eigenvalue weighted by atomic mass is 10.3. The molecule has 0 fully saturated rings. The van der Waals surface area contributed by atoms with Gasteiger partial charge in [0, 0.05) is 0 Å². The van der Waals surface area contributed by atoms with Crippen molar-refractivity contribution in [1.82, 2.24) is 0 Å². The second-order valence-corrected chi connectivity index (χ2v) is 17.5. The maximum Gasteiger partial charge on any atom is -0.0195 e. The Morgan fingerprint density at radius 2 is 0.419 bits per heavy atom. The fourth-order valence-electron chi connectivity index (χ4n) is 5.68. The average Bonchev–Trinajstić information content (AvgIpc) is 3.10. The van der Waals surface area contributed by atoms with Crippen molar-refractivity contribution in [3.63, 3.8) is 0 Å². The van der Waals surface area contributed by atoms with Gasteiger partial charge in [0.1, 0.15) is 0 Å². The summed E-state index contributed by atoms with van der Waals surface area (Å²) in [4.78, 5) is 0. The van der Waals surface area contributed by atoms with Gasteiger partial charge in [0.25, 0.3) is 0 Å². The molecule has 0 aliphatic carbocycles. The van der Waals surface area contributed by atoms with E-state index in [-0.39, 0.29) is 0 Å². The van der Waals surface area contributed by atoms with Crippen molar-refractivity contribution in [3.8, 4) is 0 Å². The summed E-state index contributed by atoms with van der Waals surface area (Å²) in [6.45, 7) is 0. The van der Waals surface area contributed by atoms with Gasteiger partial charge in [-0.3, -0.25) is 0 Å². The van der Waals surface area contributed by atoms with Crippen molar-refractivity contribution in [3.05, 3.63) is 182 Å². The van der Waals surface area contributed by atoms with E-state index < -0.39 is 23.8 Å². The van der Waals surface area contributed by atoms with Crippen LogP contribution in [0.15, 0.2) is 182 Å². The van der Waals surface area contributed by atoms with Gasteiger partial charge in [-0.2, -0.15) is 0 Å². The van der Waals surface area contributed by atoms with Crippen LogP contribution in [0.5, 0.6) is 0 Å². The predicted molar refractivity (Wildman–Crippen MR) is 195 cm³/mol. The van der Waals surface area contributed by atoms with Crippen molar-refractivity contribution in [2.45, 2.75) is 0 Å². The summed E-state index contributed by atoms with van der Waals surface area (Å²) in [5.41, 5.74) is 0. The van der Waals surface area contributed by atoms with Gasteiger partial charge in [0.05, 0.1) is 0 Å². The molecule has 0 saturated carbocycles. The Kier molecular flexibility index (Phi) is 10.6. The minimum absolute atomic E-state index is 0.506. The third kappa shape index (κ3) is 7.96. The van der Waals surface area contributed by atoms with Gasteiger partial charge in [-0.25, -0.2) is 0 Å². The molecule has 0 heterocycles. The molecular formula is C40H37P3. The summed E-state index contributed by atoms with van der Waals surface area (Å²) in [6.07, 6.45) is 3.54. The third-order valence-corrected chi connectivity index (χ3v) is 15.9. The Balaban J connectivity index is 1.43. The smallest absolute Gasteiger partial charge is 0.0195 e. The normalized spacial score (nSPS) is 11.4. The Bertz CT molecular complexity index is 1310. The maximum absolute atomic E-state index is 2.35. The van der Waals surface area contributed by atoms with Crippen molar-refractivity contribution in [2.75, 3.05) is 18.5 Å². The van der Waals surface area contributed by atoms with Crippen LogP contribution in [0.3, 0.4) is 0 Å². The van der Waals surface area contributed by atoms with Crippen molar-refractivity contribution >= 4 is 55.6 Å². The van der Waals surface area contributed by atoms with Crippen molar-refractivity contribution < 1.29 is 0 Å². The monoisotopic (exact) mass is 610 g/mol. The van der Waals surface area contributed by atoms with Crippen LogP contribution in [0.2, 0.25) is 0 Å². The van der Waals surface area contributed by atoms with Crippen LogP contribution in [0.25, 0.3) is 0 Å². The lowest BCUT2D eigenvalue weighted by Crippen LogP contribution is -2.28. The highest BCUT2D eigenvalue weighted by atomic mass is 31.1. The molecule has 0 aliphatic rings. The molecule has 0 N–H and O–H groups in total. The number of benzene rings is 6. The van der Waals surface area contributed by atoms with E-state index in [1.54, 1.807) is 0 Å². The van der Waals surface area contributed by atoms with E-state index in [1.807, 2.05) is 0 Å². The SMILES string of the molecule is c1ccc(P(CC(CP(c2ccccc2)c2ccccc2)CP(c2ccccc2)c2ccccc2)c2ccccc2)cc1. The lowest BCUT2D eigenvalue weighted by Gasteiger charge is -2.32. The van der Waals surface area contributed by atoms with E-state index in [9.17, 15) is 0 Å². The fraction of sp³-hybridized carbons (Fsp3) is 0.100. The summed E-state index contributed by atoms with van der Waals surface area (Å²) in [5, 5.41) is 8.84. The standard InChI is InChI=1S/C40H37P3/c1-7-19-35(20-8-1)41(36-21-9-2-10-22-36)31-34(32-42(37-23-11-3-12-24-37)38-25-13-4-14-26-38)33-43(39-27-15-5-16-28-39)40-29-17-6-18-30-40/h1-30,34H,31-33H2. The maximum atomic E-state index is 2.35. The molecule has 0 unspecified atom stereocenters. The highest BCUT2D eigenvalue weighted by molar-refractivity contribution is 7.75.